The Morgan fingerprint density at radius 2 is 1.86 bits per heavy atom. The van der Waals surface area contributed by atoms with Crippen molar-refractivity contribution in [2.24, 2.45) is 11.7 Å². The number of methoxy groups -OCH3 is 1. The van der Waals surface area contributed by atoms with Gasteiger partial charge in [-0.25, -0.2) is 0 Å². The van der Waals surface area contributed by atoms with Crippen molar-refractivity contribution < 1.29 is 4.74 Å². The van der Waals surface area contributed by atoms with Gasteiger partial charge in [0, 0.05) is 11.5 Å². The molecule has 2 aliphatic carbocycles. The maximum atomic E-state index is 6.25. The smallest absolute Gasteiger partial charge is 0.122 e. The van der Waals surface area contributed by atoms with E-state index >= 15 is 0 Å². The van der Waals surface area contributed by atoms with E-state index in [-0.39, 0.29) is 11.5 Å². The summed E-state index contributed by atoms with van der Waals surface area (Å²) in [5, 5.41) is 0. The molecule has 3 rings (SSSR count). The second kappa shape index (κ2) is 5.64. The summed E-state index contributed by atoms with van der Waals surface area (Å²) >= 11 is 0. The van der Waals surface area contributed by atoms with Gasteiger partial charge in [-0.1, -0.05) is 31.9 Å². The molecule has 1 aromatic rings. The number of hydrogen-bond acceptors (Lipinski definition) is 2. The van der Waals surface area contributed by atoms with Crippen molar-refractivity contribution in [1.29, 1.82) is 0 Å². The van der Waals surface area contributed by atoms with Gasteiger partial charge in [0.05, 0.1) is 7.11 Å². The number of ether oxygens (including phenoxy) is 1. The van der Waals surface area contributed by atoms with Gasteiger partial charge in [-0.3, -0.25) is 0 Å². The largest absolute Gasteiger partial charge is 0.496 e. The van der Waals surface area contributed by atoms with Gasteiger partial charge in [0.25, 0.3) is 0 Å². The van der Waals surface area contributed by atoms with Crippen molar-refractivity contribution in [2.75, 3.05) is 7.11 Å². The standard InChI is InChI=1S/C19H29NO/c1-13-4-6-15(7-5-13)17-12-16(8-9-18(17)21-3)19(10-11-19)14(2)20/h8-9,12-15H,4-7,10-11,20H2,1-3H3. The predicted octanol–water partition coefficient (Wildman–Crippen LogP) is 4.37. The lowest BCUT2D eigenvalue weighted by Crippen LogP contribution is -2.31. The second-order valence-electron chi connectivity index (χ2n) is 7.36. The van der Waals surface area contributed by atoms with Crippen LogP contribution in [0.1, 0.15) is 69.4 Å². The van der Waals surface area contributed by atoms with E-state index in [4.69, 9.17) is 10.5 Å². The molecule has 2 aliphatic rings. The van der Waals surface area contributed by atoms with E-state index in [1.807, 2.05) is 0 Å². The van der Waals surface area contributed by atoms with E-state index in [1.165, 1.54) is 49.7 Å². The quantitative estimate of drug-likeness (QED) is 0.892. The van der Waals surface area contributed by atoms with Crippen LogP contribution >= 0.6 is 0 Å². The molecule has 0 amide bonds. The third-order valence-electron chi connectivity index (χ3n) is 5.92. The summed E-state index contributed by atoms with van der Waals surface area (Å²) in [5.74, 6) is 2.62. The number of nitrogens with two attached hydrogens (primary N) is 1. The van der Waals surface area contributed by atoms with E-state index in [1.54, 1.807) is 7.11 Å². The van der Waals surface area contributed by atoms with Crippen LogP contribution in [-0.2, 0) is 5.41 Å². The summed E-state index contributed by atoms with van der Waals surface area (Å²) in [4.78, 5) is 0. The van der Waals surface area contributed by atoms with Gasteiger partial charge in [-0.05, 0) is 61.6 Å². The minimum Gasteiger partial charge on any atom is -0.496 e. The van der Waals surface area contributed by atoms with Gasteiger partial charge in [-0.2, -0.15) is 0 Å². The summed E-state index contributed by atoms with van der Waals surface area (Å²) in [6, 6.07) is 7.07. The lowest BCUT2D eigenvalue weighted by molar-refractivity contribution is 0.336. The van der Waals surface area contributed by atoms with Crippen molar-refractivity contribution in [3.63, 3.8) is 0 Å². The van der Waals surface area contributed by atoms with Crippen molar-refractivity contribution in [3.05, 3.63) is 29.3 Å². The van der Waals surface area contributed by atoms with Crippen LogP contribution in [-0.4, -0.2) is 13.2 Å². The fourth-order valence-electron chi connectivity index (χ4n) is 4.08. The number of rotatable bonds is 4. The molecule has 2 heteroatoms. The molecule has 2 saturated carbocycles. The Kier molecular flexibility index (Phi) is 4.00. The Balaban J connectivity index is 1.91. The molecular weight excluding hydrogens is 258 g/mol. The highest BCUT2D eigenvalue weighted by Gasteiger charge is 2.47. The van der Waals surface area contributed by atoms with E-state index in [0.29, 0.717) is 5.92 Å². The number of benzene rings is 1. The summed E-state index contributed by atoms with van der Waals surface area (Å²) in [6.07, 6.45) is 7.75. The van der Waals surface area contributed by atoms with Gasteiger partial charge >= 0.3 is 0 Å². The molecule has 2 nitrogen and oxygen atoms in total. The first kappa shape index (κ1) is 14.9. The molecule has 0 radical (unpaired) electrons. The molecule has 0 bridgehead atoms. The summed E-state index contributed by atoms with van der Waals surface area (Å²) in [5.41, 5.74) is 9.35. The minimum atomic E-state index is 0.239. The first-order valence-corrected chi connectivity index (χ1v) is 8.51. The highest BCUT2D eigenvalue weighted by molar-refractivity contribution is 5.45. The van der Waals surface area contributed by atoms with Crippen LogP contribution in [0.3, 0.4) is 0 Å². The molecule has 116 valence electrons. The summed E-state index contributed by atoms with van der Waals surface area (Å²) in [7, 11) is 1.79. The fourth-order valence-corrected chi connectivity index (χ4v) is 4.08. The molecule has 1 atom stereocenters. The van der Waals surface area contributed by atoms with E-state index in [0.717, 1.165) is 11.7 Å². The molecule has 1 aromatic carbocycles. The zero-order valence-corrected chi connectivity index (χ0v) is 13.7. The average Bonchev–Trinajstić information content (AvgIpc) is 3.29. The van der Waals surface area contributed by atoms with E-state index < -0.39 is 0 Å². The normalized spacial score (nSPS) is 29.0. The van der Waals surface area contributed by atoms with Gasteiger partial charge in [0.15, 0.2) is 0 Å². The summed E-state index contributed by atoms with van der Waals surface area (Å²) < 4.78 is 5.64. The van der Waals surface area contributed by atoms with Crippen LogP contribution in [0.25, 0.3) is 0 Å². The highest BCUT2D eigenvalue weighted by atomic mass is 16.5. The third kappa shape index (κ3) is 2.70. The molecule has 0 spiro atoms. The van der Waals surface area contributed by atoms with Gasteiger partial charge in [-0.15, -0.1) is 0 Å². The first-order chi connectivity index (χ1) is 10.1. The Morgan fingerprint density at radius 1 is 1.19 bits per heavy atom. The minimum absolute atomic E-state index is 0.239. The molecule has 0 aromatic heterocycles. The fraction of sp³-hybridized carbons (Fsp3) is 0.684. The summed E-state index contributed by atoms with van der Waals surface area (Å²) in [6.45, 7) is 4.53. The van der Waals surface area contributed by atoms with Crippen LogP contribution in [0.15, 0.2) is 18.2 Å². The predicted molar refractivity (Wildman–Crippen MR) is 87.9 cm³/mol. The first-order valence-electron chi connectivity index (χ1n) is 8.51. The van der Waals surface area contributed by atoms with Crippen molar-refractivity contribution in [3.8, 4) is 5.75 Å². The van der Waals surface area contributed by atoms with Gasteiger partial charge in [0.1, 0.15) is 5.75 Å². The maximum Gasteiger partial charge on any atom is 0.122 e. The Hall–Kier alpha value is -1.02. The molecule has 1 unspecified atom stereocenters. The second-order valence-corrected chi connectivity index (χ2v) is 7.36. The molecule has 0 aliphatic heterocycles. The average molecular weight is 287 g/mol. The number of hydrogen-bond donors (Lipinski definition) is 1. The topological polar surface area (TPSA) is 35.2 Å². The van der Waals surface area contributed by atoms with Crippen LogP contribution in [0.5, 0.6) is 5.75 Å². The zero-order valence-electron chi connectivity index (χ0n) is 13.7. The Bertz CT molecular complexity index is 496. The van der Waals surface area contributed by atoms with E-state index in [2.05, 4.69) is 32.0 Å². The molecular formula is C19H29NO. The molecule has 2 N–H and O–H groups in total. The van der Waals surface area contributed by atoms with Crippen LogP contribution < -0.4 is 10.5 Å². The van der Waals surface area contributed by atoms with Crippen LogP contribution in [0, 0.1) is 5.92 Å². The molecule has 21 heavy (non-hydrogen) atoms. The van der Waals surface area contributed by atoms with Crippen LogP contribution in [0.2, 0.25) is 0 Å². The Labute approximate surface area is 129 Å². The third-order valence-corrected chi connectivity index (χ3v) is 5.92. The van der Waals surface area contributed by atoms with Crippen molar-refractivity contribution >= 4 is 0 Å². The molecule has 0 saturated heterocycles. The maximum absolute atomic E-state index is 6.25. The lowest BCUT2D eigenvalue weighted by atomic mass is 9.77. The van der Waals surface area contributed by atoms with Crippen molar-refractivity contribution in [1.82, 2.24) is 0 Å². The van der Waals surface area contributed by atoms with E-state index in [9.17, 15) is 0 Å². The van der Waals surface area contributed by atoms with Gasteiger partial charge in [0.2, 0.25) is 0 Å². The zero-order chi connectivity index (χ0) is 15.0. The van der Waals surface area contributed by atoms with Crippen LogP contribution in [0.4, 0.5) is 0 Å². The highest BCUT2D eigenvalue weighted by Crippen LogP contribution is 2.52. The SMILES string of the molecule is COc1ccc(C2(C(C)N)CC2)cc1C1CCC(C)CC1. The molecule has 2 fully saturated rings. The monoisotopic (exact) mass is 287 g/mol. The lowest BCUT2D eigenvalue weighted by Gasteiger charge is -2.29. The molecule has 0 heterocycles. The Morgan fingerprint density at radius 3 is 2.38 bits per heavy atom. The van der Waals surface area contributed by atoms with Crippen molar-refractivity contribution in [2.45, 2.75) is 69.7 Å². The van der Waals surface area contributed by atoms with Gasteiger partial charge < -0.3 is 10.5 Å².